The second kappa shape index (κ2) is 29.5. The largest absolute Gasteiger partial charge is 0.307 e. The molecule has 0 fully saturated rings. The van der Waals surface area contributed by atoms with Crippen molar-refractivity contribution in [1.82, 2.24) is 0 Å². The van der Waals surface area contributed by atoms with Crippen LogP contribution < -0.4 is 0 Å². The number of halogens is 9. The molecule has 0 aromatic carbocycles. The third kappa shape index (κ3) is 134. The van der Waals surface area contributed by atoms with E-state index in [1.54, 1.807) is 0 Å². The van der Waals surface area contributed by atoms with Crippen molar-refractivity contribution in [2.24, 2.45) is 0 Å². The van der Waals surface area contributed by atoms with Crippen LogP contribution in [-0.2, 0) is 35.4 Å². The van der Waals surface area contributed by atoms with Crippen LogP contribution in [0.2, 0.25) is 0 Å². The Morgan fingerprint density at radius 3 is 0.520 bits per heavy atom. The van der Waals surface area contributed by atoms with E-state index in [0.29, 0.717) is 0 Å². The summed E-state index contributed by atoms with van der Waals surface area (Å²) >= 11 is 44.0. The van der Waals surface area contributed by atoms with E-state index in [1.165, 1.54) is 18.2 Å². The predicted octanol–water partition coefficient (Wildman–Crippen LogP) is 5.08. The zero-order chi connectivity index (χ0) is 21.6. The summed E-state index contributed by atoms with van der Waals surface area (Å²) < 4.78 is -5.21. The van der Waals surface area contributed by atoms with E-state index in [0.717, 1.165) is 0 Å². The summed E-state index contributed by atoms with van der Waals surface area (Å²) in [7, 11) is 0. The third-order valence-electron chi connectivity index (χ3n) is 0.380. The van der Waals surface area contributed by atoms with Crippen LogP contribution in [0.5, 0.6) is 0 Å². The molecule has 6 nitrogen and oxygen atoms in total. The summed E-state index contributed by atoms with van der Waals surface area (Å²) in [4.78, 5) is 24.0. The fraction of sp³-hybridized carbons (Fsp3) is 0.333. The number of carbonyl (C=O) groups excluding carboxylic acids is 3. The molecule has 144 valence electrons. The Hall–Kier alpha value is 0.778. The van der Waals surface area contributed by atoms with Crippen LogP contribution in [0.4, 0.5) is 0 Å². The second-order valence-corrected chi connectivity index (χ2v) is 8.67. The van der Waals surface area contributed by atoms with Crippen molar-refractivity contribution in [2.75, 3.05) is 0 Å². The normalized spacial score (nSPS) is 7.92. The first-order valence-corrected chi connectivity index (χ1v) is 7.39. The maximum absolute atomic E-state index is 8.00. The van der Waals surface area contributed by atoms with Crippen LogP contribution in [0.1, 0.15) is 0 Å². The van der Waals surface area contributed by atoms with Gasteiger partial charge in [-0.2, -0.15) is 15.8 Å². The van der Waals surface area contributed by atoms with Crippen molar-refractivity contribution in [3.63, 3.8) is 0 Å². The van der Waals surface area contributed by atoms with Crippen LogP contribution in [0.15, 0.2) is 0 Å². The maximum atomic E-state index is 8.00. The molecule has 0 atom stereocenters. The average Bonchev–Trinajstić information content (AvgIpc) is 2.52. The fourth-order valence-electron chi connectivity index (χ4n) is 0. The summed E-state index contributed by atoms with van der Waals surface area (Å²) in [6.45, 7) is 6.00. The third-order valence-corrected chi connectivity index (χ3v) is 1.14. The van der Waals surface area contributed by atoms with Crippen molar-refractivity contribution in [1.29, 1.82) is 15.8 Å². The number of nitrogens with zero attached hydrogens (tertiary/aromatic N) is 3. The molecule has 0 aromatic heterocycles. The molecule has 0 bridgehead atoms. The van der Waals surface area contributed by atoms with Gasteiger partial charge in [0.05, 0.1) is 0 Å². The van der Waals surface area contributed by atoms with Gasteiger partial charge in [-0.3, -0.25) is 0 Å². The molecule has 0 saturated carbocycles. The first-order chi connectivity index (χ1) is 10.7. The number of carbonyl (C=O) groups is 3. The minimum absolute atomic E-state index is 0. The zero-order valence-corrected chi connectivity index (χ0v) is 21.2. The van der Waals surface area contributed by atoms with Gasteiger partial charge in [0, 0.05) is 21.1 Å². The molecule has 0 heterocycles. The molecule has 0 aliphatic heterocycles. The molecule has 0 aromatic rings. The molecular weight excluding hydrogens is 701 g/mol. The number of hydrogen-bond acceptors (Lipinski definition) is 6. The topological polar surface area (TPSA) is 123 Å². The Morgan fingerprint density at radius 2 is 0.520 bits per heavy atom. The number of alkyl halides is 9. The Morgan fingerprint density at radius 1 is 0.480 bits per heavy atom. The van der Waals surface area contributed by atoms with E-state index in [-0.39, 0.29) is 21.1 Å². The van der Waals surface area contributed by atoms with Gasteiger partial charge >= 0.3 is 0 Å². The standard InChI is InChI=1S/3C2Cl3N.3CH2O.W/c3*3-2(4,5)1-6;3*1-2;/h;;;3*1H2;. The molecule has 0 unspecified atom stereocenters. The Balaban J connectivity index is -0.0000000331. The molecule has 0 N–H and O–H groups in total. The Bertz CT molecular complexity index is 343. The summed E-state index contributed by atoms with van der Waals surface area (Å²) in [5.41, 5.74) is 0. The molecule has 0 radical (unpaired) electrons. The molecule has 25 heavy (non-hydrogen) atoms. The minimum atomic E-state index is -1.74. The van der Waals surface area contributed by atoms with Crippen LogP contribution in [-0.4, -0.2) is 31.7 Å². The van der Waals surface area contributed by atoms with Crippen molar-refractivity contribution < 1.29 is 35.4 Å². The molecule has 0 saturated heterocycles. The van der Waals surface area contributed by atoms with Gasteiger partial charge in [0.2, 0.25) is 0 Å². The van der Waals surface area contributed by atoms with Crippen LogP contribution >= 0.6 is 104 Å². The van der Waals surface area contributed by atoms with E-state index in [9.17, 15) is 0 Å². The van der Waals surface area contributed by atoms with Crippen molar-refractivity contribution in [3.8, 4) is 18.2 Å². The van der Waals surface area contributed by atoms with Gasteiger partial charge in [-0.1, -0.05) is 104 Å². The van der Waals surface area contributed by atoms with E-state index >= 15 is 0 Å². The molecule has 0 amide bonds. The first-order valence-electron chi connectivity index (χ1n) is 3.99. The monoisotopic (exact) mass is 703 g/mol. The van der Waals surface area contributed by atoms with Crippen LogP contribution in [0.3, 0.4) is 0 Å². The van der Waals surface area contributed by atoms with E-state index in [2.05, 4.69) is 0 Å². The number of nitriles is 3. The van der Waals surface area contributed by atoms with Gasteiger partial charge < -0.3 is 14.4 Å². The molecule has 0 aliphatic rings. The summed E-state index contributed by atoms with van der Waals surface area (Å²) in [5.74, 6) is 0. The van der Waals surface area contributed by atoms with Gasteiger partial charge in [-0.05, 0) is 0 Å². The smallest absolute Gasteiger partial charge is 0.277 e. The Labute approximate surface area is 203 Å². The SMILES string of the molecule is C=O.C=O.C=O.N#CC(Cl)(Cl)Cl.N#CC(Cl)(Cl)Cl.N#CC(Cl)(Cl)Cl.[W]. The number of rotatable bonds is 0. The molecule has 0 rings (SSSR count). The van der Waals surface area contributed by atoms with Gasteiger partial charge in [0.15, 0.2) is 0 Å². The van der Waals surface area contributed by atoms with Crippen LogP contribution in [0.25, 0.3) is 0 Å². The van der Waals surface area contributed by atoms with Crippen molar-refractivity contribution in [3.05, 3.63) is 0 Å². The molecule has 0 aliphatic carbocycles. The summed E-state index contributed by atoms with van der Waals surface area (Å²) in [6.07, 6.45) is 0. The molecule has 16 heteroatoms. The van der Waals surface area contributed by atoms with Crippen molar-refractivity contribution in [2.45, 2.75) is 11.4 Å². The van der Waals surface area contributed by atoms with E-state index < -0.39 is 11.4 Å². The zero-order valence-electron chi connectivity index (χ0n) is 11.5. The minimum Gasteiger partial charge on any atom is -0.307 e. The maximum Gasteiger partial charge on any atom is 0.277 e. The van der Waals surface area contributed by atoms with Crippen molar-refractivity contribution >= 4 is 125 Å². The van der Waals surface area contributed by atoms with Gasteiger partial charge in [-0.15, -0.1) is 0 Å². The molecule has 0 spiro atoms. The first kappa shape index (κ1) is 44.9. The summed E-state index contributed by atoms with van der Waals surface area (Å²) in [5, 5.41) is 23.3. The van der Waals surface area contributed by atoms with Gasteiger partial charge in [-0.25, -0.2) is 0 Å². The fourth-order valence-corrected chi connectivity index (χ4v) is 0. The summed E-state index contributed by atoms with van der Waals surface area (Å²) in [6, 6.07) is 4.20. The van der Waals surface area contributed by atoms with E-state index in [1.807, 2.05) is 20.4 Å². The van der Waals surface area contributed by atoms with Crippen LogP contribution in [0, 0.1) is 34.0 Å². The Kier molecular flexibility index (Phi) is 53.0. The predicted molar refractivity (Wildman–Crippen MR) is 99.1 cm³/mol. The van der Waals surface area contributed by atoms with E-state index in [4.69, 9.17) is 135 Å². The molecular formula is C9H6Cl9N3O3W. The quantitative estimate of drug-likeness (QED) is 0.324. The van der Waals surface area contributed by atoms with Gasteiger partial charge in [0.1, 0.15) is 38.6 Å². The van der Waals surface area contributed by atoms with Gasteiger partial charge in [0.25, 0.3) is 11.4 Å². The second-order valence-electron chi connectivity index (χ2n) is 1.83. The number of hydrogen-bond donors (Lipinski definition) is 0. The average molecular weight is 707 g/mol.